The monoisotopic (exact) mass is 228 g/mol. The highest BCUT2D eigenvalue weighted by Crippen LogP contribution is 2.20. The highest BCUT2D eigenvalue weighted by molar-refractivity contribution is 5.78. The van der Waals surface area contributed by atoms with Gasteiger partial charge >= 0.3 is 0 Å². The van der Waals surface area contributed by atoms with Gasteiger partial charge in [0.2, 0.25) is 5.91 Å². The molecule has 4 heteroatoms. The van der Waals surface area contributed by atoms with Crippen molar-refractivity contribution in [3.8, 4) is 0 Å². The van der Waals surface area contributed by atoms with Gasteiger partial charge in [0.1, 0.15) is 0 Å². The Morgan fingerprint density at radius 1 is 1.50 bits per heavy atom. The molecule has 1 aliphatic rings. The molecular formula is C12H24N2O2. The van der Waals surface area contributed by atoms with E-state index in [0.29, 0.717) is 12.5 Å². The minimum Gasteiger partial charge on any atom is -0.381 e. The molecule has 1 fully saturated rings. The first-order chi connectivity index (χ1) is 7.69. The molecule has 0 bridgehead atoms. The van der Waals surface area contributed by atoms with Crippen LogP contribution in [0.15, 0.2) is 0 Å². The molecule has 0 aromatic rings. The Hall–Kier alpha value is -0.610. The highest BCUT2D eigenvalue weighted by Gasteiger charge is 2.25. The van der Waals surface area contributed by atoms with Crippen molar-refractivity contribution in [2.75, 3.05) is 19.8 Å². The summed E-state index contributed by atoms with van der Waals surface area (Å²) in [6.07, 6.45) is 3.08. The Balaban J connectivity index is 2.44. The van der Waals surface area contributed by atoms with Gasteiger partial charge in [-0.15, -0.1) is 0 Å². The van der Waals surface area contributed by atoms with Crippen molar-refractivity contribution in [1.29, 1.82) is 0 Å². The Kier molecular flexibility index (Phi) is 5.77. The minimum atomic E-state index is -0.0890. The Bertz CT molecular complexity index is 215. The SMILES string of the molecule is CCC(NC(=O)C(C)CN)C1CCOCC1. The summed E-state index contributed by atoms with van der Waals surface area (Å²) in [6, 6.07) is 0.283. The maximum atomic E-state index is 11.8. The number of nitrogens with one attached hydrogen (secondary N) is 1. The fraction of sp³-hybridized carbons (Fsp3) is 0.917. The van der Waals surface area contributed by atoms with Crippen molar-refractivity contribution in [1.82, 2.24) is 5.32 Å². The zero-order valence-corrected chi connectivity index (χ0v) is 10.4. The first-order valence-corrected chi connectivity index (χ1v) is 6.27. The van der Waals surface area contributed by atoms with E-state index >= 15 is 0 Å². The summed E-state index contributed by atoms with van der Waals surface area (Å²) in [5.74, 6) is 0.558. The first-order valence-electron chi connectivity index (χ1n) is 6.27. The van der Waals surface area contributed by atoms with Crippen LogP contribution in [0, 0.1) is 11.8 Å². The van der Waals surface area contributed by atoms with Crippen LogP contribution in [-0.4, -0.2) is 31.7 Å². The summed E-state index contributed by atoms with van der Waals surface area (Å²) in [7, 11) is 0. The predicted octanol–water partition coefficient (Wildman–Crippen LogP) is 0.903. The maximum absolute atomic E-state index is 11.8. The van der Waals surface area contributed by atoms with Crippen molar-refractivity contribution in [2.24, 2.45) is 17.6 Å². The molecule has 4 nitrogen and oxygen atoms in total. The van der Waals surface area contributed by atoms with Gasteiger partial charge in [-0.3, -0.25) is 4.79 Å². The topological polar surface area (TPSA) is 64.4 Å². The summed E-state index contributed by atoms with van der Waals surface area (Å²) >= 11 is 0. The van der Waals surface area contributed by atoms with Gasteiger partial charge in [0.15, 0.2) is 0 Å². The number of carbonyl (C=O) groups is 1. The summed E-state index contributed by atoms with van der Waals surface area (Å²) in [6.45, 7) is 6.04. The summed E-state index contributed by atoms with van der Waals surface area (Å²) in [5, 5.41) is 3.11. The van der Waals surface area contributed by atoms with E-state index in [1.165, 1.54) is 0 Å². The highest BCUT2D eigenvalue weighted by atomic mass is 16.5. The van der Waals surface area contributed by atoms with Crippen LogP contribution in [0.25, 0.3) is 0 Å². The molecule has 1 heterocycles. The smallest absolute Gasteiger partial charge is 0.224 e. The van der Waals surface area contributed by atoms with E-state index in [9.17, 15) is 4.79 Å². The molecule has 1 saturated heterocycles. The molecule has 2 unspecified atom stereocenters. The fourth-order valence-corrected chi connectivity index (χ4v) is 2.10. The van der Waals surface area contributed by atoms with Crippen LogP contribution in [0.3, 0.4) is 0 Å². The van der Waals surface area contributed by atoms with Crippen molar-refractivity contribution < 1.29 is 9.53 Å². The summed E-state index contributed by atoms with van der Waals surface area (Å²) in [4.78, 5) is 11.8. The zero-order chi connectivity index (χ0) is 12.0. The normalized spacial score (nSPS) is 21.4. The van der Waals surface area contributed by atoms with E-state index < -0.39 is 0 Å². The Morgan fingerprint density at radius 2 is 2.12 bits per heavy atom. The van der Waals surface area contributed by atoms with Crippen LogP contribution < -0.4 is 11.1 Å². The maximum Gasteiger partial charge on any atom is 0.224 e. The second kappa shape index (κ2) is 6.86. The van der Waals surface area contributed by atoms with Gasteiger partial charge in [0, 0.05) is 31.7 Å². The van der Waals surface area contributed by atoms with Crippen molar-refractivity contribution >= 4 is 5.91 Å². The molecule has 16 heavy (non-hydrogen) atoms. The van der Waals surface area contributed by atoms with Gasteiger partial charge in [0.05, 0.1) is 0 Å². The number of carbonyl (C=O) groups excluding carboxylic acids is 1. The third kappa shape index (κ3) is 3.76. The quantitative estimate of drug-likeness (QED) is 0.735. The molecule has 3 N–H and O–H groups in total. The van der Waals surface area contributed by atoms with E-state index in [2.05, 4.69) is 12.2 Å². The van der Waals surface area contributed by atoms with E-state index in [0.717, 1.165) is 32.5 Å². The number of ether oxygens (including phenoxy) is 1. The molecule has 0 saturated carbocycles. The lowest BCUT2D eigenvalue weighted by molar-refractivity contribution is -0.125. The average Bonchev–Trinajstić information content (AvgIpc) is 2.35. The molecule has 1 amide bonds. The predicted molar refractivity (Wildman–Crippen MR) is 64.0 cm³/mol. The molecule has 0 radical (unpaired) electrons. The van der Waals surface area contributed by atoms with Crippen LogP contribution in [0.2, 0.25) is 0 Å². The van der Waals surface area contributed by atoms with Crippen LogP contribution in [0.4, 0.5) is 0 Å². The summed E-state index contributed by atoms with van der Waals surface area (Å²) < 4.78 is 5.34. The lowest BCUT2D eigenvalue weighted by Gasteiger charge is -2.31. The van der Waals surface area contributed by atoms with Gasteiger partial charge in [-0.05, 0) is 25.2 Å². The Labute approximate surface area is 97.9 Å². The zero-order valence-electron chi connectivity index (χ0n) is 10.4. The average molecular weight is 228 g/mol. The number of nitrogens with two attached hydrogens (primary N) is 1. The van der Waals surface area contributed by atoms with Crippen LogP contribution >= 0.6 is 0 Å². The molecule has 0 aromatic carbocycles. The van der Waals surface area contributed by atoms with Gasteiger partial charge < -0.3 is 15.8 Å². The molecule has 1 aliphatic heterocycles. The van der Waals surface area contributed by atoms with Crippen molar-refractivity contribution in [3.63, 3.8) is 0 Å². The third-order valence-corrected chi connectivity index (χ3v) is 3.40. The van der Waals surface area contributed by atoms with Gasteiger partial charge in [-0.1, -0.05) is 13.8 Å². The number of hydrogen-bond acceptors (Lipinski definition) is 3. The molecule has 0 aromatic heterocycles. The van der Waals surface area contributed by atoms with Crippen molar-refractivity contribution in [3.05, 3.63) is 0 Å². The van der Waals surface area contributed by atoms with Crippen LogP contribution in [-0.2, 0) is 9.53 Å². The molecule has 94 valence electrons. The standard InChI is InChI=1S/C12H24N2O2/c1-3-11(10-4-6-16-7-5-10)14-12(15)9(2)8-13/h9-11H,3-8,13H2,1-2H3,(H,14,15). The first kappa shape index (κ1) is 13.5. The third-order valence-electron chi connectivity index (χ3n) is 3.40. The van der Waals surface area contributed by atoms with Crippen LogP contribution in [0.1, 0.15) is 33.1 Å². The van der Waals surface area contributed by atoms with E-state index in [-0.39, 0.29) is 17.9 Å². The van der Waals surface area contributed by atoms with Crippen molar-refractivity contribution in [2.45, 2.75) is 39.2 Å². The number of amides is 1. The lowest BCUT2D eigenvalue weighted by Crippen LogP contribution is -2.45. The van der Waals surface area contributed by atoms with Gasteiger partial charge in [-0.2, -0.15) is 0 Å². The number of hydrogen-bond donors (Lipinski definition) is 2. The lowest BCUT2D eigenvalue weighted by atomic mass is 9.90. The van der Waals surface area contributed by atoms with Gasteiger partial charge in [0.25, 0.3) is 0 Å². The van der Waals surface area contributed by atoms with E-state index in [1.54, 1.807) is 0 Å². The molecule has 0 spiro atoms. The fourth-order valence-electron chi connectivity index (χ4n) is 2.10. The second-order valence-corrected chi connectivity index (χ2v) is 4.61. The van der Waals surface area contributed by atoms with E-state index in [4.69, 9.17) is 10.5 Å². The molecule has 2 atom stereocenters. The molecule has 0 aliphatic carbocycles. The van der Waals surface area contributed by atoms with Crippen LogP contribution in [0.5, 0.6) is 0 Å². The minimum absolute atomic E-state index is 0.0841. The molecule has 1 rings (SSSR count). The van der Waals surface area contributed by atoms with Gasteiger partial charge in [-0.25, -0.2) is 0 Å². The largest absolute Gasteiger partial charge is 0.381 e. The number of rotatable bonds is 5. The van der Waals surface area contributed by atoms with E-state index in [1.807, 2.05) is 6.92 Å². The second-order valence-electron chi connectivity index (χ2n) is 4.61. The molecular weight excluding hydrogens is 204 g/mol. The Morgan fingerprint density at radius 3 is 2.62 bits per heavy atom. The summed E-state index contributed by atoms with van der Waals surface area (Å²) in [5.41, 5.74) is 5.49.